The van der Waals surface area contributed by atoms with E-state index in [4.69, 9.17) is 33.8 Å². The molecule has 1 saturated carbocycles. The zero-order chi connectivity index (χ0) is 54.2. The lowest BCUT2D eigenvalue weighted by molar-refractivity contribution is -0.445. The molecular formula is C53H82N6O14. The summed E-state index contributed by atoms with van der Waals surface area (Å²) in [6.07, 6.45) is 13.9. The second-order valence-corrected chi connectivity index (χ2v) is 20.8. The van der Waals surface area contributed by atoms with Gasteiger partial charge in [-0.1, -0.05) is 71.1 Å². The molecule has 408 valence electrons. The molecule has 1 aromatic heterocycles. The minimum atomic E-state index is -2.43. The summed E-state index contributed by atoms with van der Waals surface area (Å²) in [5.41, 5.74) is 1.27. The third-order valence-electron chi connectivity index (χ3n) is 15.2. The molecule has 2 N–H and O–H groups in total. The third kappa shape index (κ3) is 16.8. The van der Waals surface area contributed by atoms with Crippen LogP contribution in [0.3, 0.4) is 0 Å². The van der Waals surface area contributed by atoms with Gasteiger partial charge in [0.1, 0.15) is 36.5 Å². The number of methoxy groups -OCH3 is 3. The second kappa shape index (κ2) is 28.7. The Morgan fingerprint density at radius 2 is 1.63 bits per heavy atom. The Hall–Kier alpha value is -4.86. The van der Waals surface area contributed by atoms with Crippen LogP contribution >= 0.6 is 0 Å². The van der Waals surface area contributed by atoms with Crippen LogP contribution in [-0.2, 0) is 47.7 Å². The maximum absolute atomic E-state index is 14.5. The number of ketones is 3. The zero-order valence-corrected chi connectivity index (χ0v) is 44.8. The molecule has 0 radical (unpaired) electrons. The molecule has 20 heteroatoms. The van der Waals surface area contributed by atoms with Crippen molar-refractivity contribution >= 4 is 29.2 Å². The molecule has 0 aromatic carbocycles. The molecule has 3 aliphatic heterocycles. The topological polar surface area (TPSA) is 262 Å². The van der Waals surface area contributed by atoms with Crippen molar-refractivity contribution in [3.8, 4) is 0 Å². The summed E-state index contributed by atoms with van der Waals surface area (Å²) in [6, 6.07) is -1.19. The normalized spacial score (nSPS) is 35.8. The number of aliphatic hydroxyl groups excluding tert-OH is 1. The number of fused-ring (bicyclic) bond motifs is 3. The molecule has 4 heterocycles. The molecular weight excluding hydrogens is 945 g/mol. The first kappa shape index (κ1) is 60.7. The Morgan fingerprint density at radius 1 is 0.918 bits per heavy atom. The van der Waals surface area contributed by atoms with Crippen molar-refractivity contribution in [2.45, 2.75) is 180 Å². The number of esters is 1. The third-order valence-corrected chi connectivity index (χ3v) is 15.2. The number of amides is 1. The van der Waals surface area contributed by atoms with Crippen molar-refractivity contribution in [2.24, 2.45) is 35.5 Å². The van der Waals surface area contributed by atoms with Crippen molar-refractivity contribution in [3.05, 3.63) is 64.0 Å². The fourth-order valence-electron chi connectivity index (χ4n) is 10.7. The SMILES string of the molecule is CO[C@H]1CC2CC[C@@H](C)[C@@](O)(O2)C(=O)C(=O)N2CCCC[C@H]2C(=O)O[C@H]([C@H](C)C[C@@H]2CC[C@H](n3cnnn3)[C@H](OC)C2)CC(=O)[C@H](C)/C=C(\C)[C@@H](O)[C@@H](OC)C(=O)[C@H](C)C[C@H](C)/C=C/C=CC=C1C.C[N+](=O)[O-]. The van der Waals surface area contributed by atoms with Crippen LogP contribution in [0.15, 0.2) is 53.9 Å². The number of carbonyl (C=O) groups is 5. The molecule has 2 saturated heterocycles. The predicted molar refractivity (Wildman–Crippen MR) is 269 cm³/mol. The van der Waals surface area contributed by atoms with E-state index in [1.165, 1.54) is 12.0 Å². The number of Topliss-reactive ketones (excluding diaryl/α,β-unsaturated/α-hetero) is 3. The number of rotatable bonds is 7. The Kier molecular flexibility index (Phi) is 23.9. The highest BCUT2D eigenvalue weighted by molar-refractivity contribution is 6.39. The Balaban J connectivity index is 0.00000278. The van der Waals surface area contributed by atoms with Crippen molar-refractivity contribution in [3.63, 3.8) is 0 Å². The smallest absolute Gasteiger partial charge is 0.329 e. The Bertz CT molecular complexity index is 2120. The number of hydrogen-bond donors (Lipinski definition) is 2. The summed E-state index contributed by atoms with van der Waals surface area (Å²) >= 11 is 0. The highest BCUT2D eigenvalue weighted by Gasteiger charge is 2.53. The van der Waals surface area contributed by atoms with Gasteiger partial charge in [0, 0.05) is 63.4 Å². The van der Waals surface area contributed by atoms with E-state index in [-0.39, 0.29) is 60.9 Å². The van der Waals surface area contributed by atoms with Crippen LogP contribution < -0.4 is 0 Å². The summed E-state index contributed by atoms with van der Waals surface area (Å²) in [5, 5.41) is 44.0. The zero-order valence-electron chi connectivity index (χ0n) is 44.8. The largest absolute Gasteiger partial charge is 0.460 e. The van der Waals surface area contributed by atoms with Crippen LogP contribution in [0.25, 0.3) is 0 Å². The number of tetrazole rings is 1. The average molecular weight is 1030 g/mol. The number of nitrogens with zero attached hydrogens (tertiary/aromatic N) is 6. The summed E-state index contributed by atoms with van der Waals surface area (Å²) in [4.78, 5) is 80.6. The predicted octanol–water partition coefficient (Wildman–Crippen LogP) is 5.94. The van der Waals surface area contributed by atoms with Gasteiger partial charge in [0.2, 0.25) is 5.79 Å². The van der Waals surface area contributed by atoms with Gasteiger partial charge in [-0.15, -0.1) is 5.10 Å². The average Bonchev–Trinajstić information content (AvgIpc) is 3.90. The van der Waals surface area contributed by atoms with E-state index in [9.17, 15) is 34.2 Å². The lowest BCUT2D eigenvalue weighted by Crippen LogP contribution is -2.61. The number of carbonyl (C=O) groups excluding carboxylic acids is 5. The maximum atomic E-state index is 14.5. The lowest BCUT2D eigenvalue weighted by atomic mass is 9.77. The number of piperidine rings is 1. The molecule has 3 fully saturated rings. The summed E-state index contributed by atoms with van der Waals surface area (Å²) in [5.74, 6) is -7.92. The Labute approximate surface area is 430 Å². The molecule has 4 aliphatic rings. The quantitative estimate of drug-likeness (QED) is 0.105. The number of hydrogen-bond acceptors (Lipinski definition) is 17. The van der Waals surface area contributed by atoms with E-state index < -0.39 is 82.7 Å². The number of nitro groups is 1. The molecule has 0 spiro atoms. The van der Waals surface area contributed by atoms with Gasteiger partial charge in [0.05, 0.1) is 24.4 Å². The van der Waals surface area contributed by atoms with Crippen LogP contribution in [0.2, 0.25) is 0 Å². The van der Waals surface area contributed by atoms with Crippen LogP contribution in [0.1, 0.15) is 132 Å². The molecule has 1 amide bonds. The van der Waals surface area contributed by atoms with Crippen LogP contribution in [-0.4, -0.2) is 153 Å². The van der Waals surface area contributed by atoms with Gasteiger partial charge in [-0.2, -0.15) is 0 Å². The number of aromatic nitrogens is 4. The maximum Gasteiger partial charge on any atom is 0.329 e. The van der Waals surface area contributed by atoms with Gasteiger partial charge in [-0.3, -0.25) is 29.3 Å². The highest BCUT2D eigenvalue weighted by Crippen LogP contribution is 2.39. The molecule has 5 rings (SSSR count). The van der Waals surface area contributed by atoms with Crippen molar-refractivity contribution in [2.75, 3.05) is 34.9 Å². The number of cyclic esters (lactones) is 1. The fraction of sp³-hybridized carbons (Fsp3) is 0.736. The highest BCUT2D eigenvalue weighted by atomic mass is 16.6. The van der Waals surface area contributed by atoms with Gasteiger partial charge in [0.25, 0.3) is 11.7 Å². The van der Waals surface area contributed by atoms with E-state index in [1.54, 1.807) is 52.1 Å². The van der Waals surface area contributed by atoms with Crippen LogP contribution in [0.4, 0.5) is 0 Å². The molecule has 1 aromatic rings. The Morgan fingerprint density at radius 3 is 2.27 bits per heavy atom. The van der Waals surface area contributed by atoms with E-state index >= 15 is 0 Å². The number of allylic oxidation sites excluding steroid dienone is 6. The van der Waals surface area contributed by atoms with Crippen LogP contribution in [0, 0.1) is 45.6 Å². The first-order valence-corrected chi connectivity index (χ1v) is 25.9. The summed E-state index contributed by atoms with van der Waals surface area (Å²) in [6.45, 7) is 12.8. The fourth-order valence-corrected chi connectivity index (χ4v) is 10.7. The van der Waals surface area contributed by atoms with Crippen molar-refractivity contribution in [1.29, 1.82) is 0 Å². The molecule has 1 unspecified atom stereocenters. The van der Waals surface area contributed by atoms with E-state index in [0.29, 0.717) is 56.9 Å². The minimum Gasteiger partial charge on any atom is -0.460 e. The standard InChI is InChI=1S/C52H79N5O12.CH3NO2/c1-31-16-12-11-13-17-32(2)43(65-8)28-39-21-19-37(7)52(64,69-39)49(61)50(62)56-23-15-14-18-41(56)51(63)68-44(34(4)26-38-20-22-40(45(27-38)66-9)57-30-53-54-55-57)29-42(58)33(3)25-36(6)47(60)48(67-10)46(59)35(5)24-31;1-2(3)4/h11-13,16-17,25,30-31,33-35,37-41,43-45,47-48,60,64H,14-15,18-24,26-29H2,1-10H3;1H3/b13-11?,16-12+,32-17?,36-25+;/t31-,33-,34-,35-,37-,38+,39?,40+,41+,43+,44+,45-,47-,48+,52-;/m1./s1. The van der Waals surface area contributed by atoms with E-state index in [0.717, 1.165) is 25.5 Å². The van der Waals surface area contributed by atoms with Crippen molar-refractivity contribution in [1.82, 2.24) is 25.1 Å². The van der Waals surface area contributed by atoms with Gasteiger partial charge < -0.3 is 38.8 Å². The molecule has 2 bridgehead atoms. The van der Waals surface area contributed by atoms with E-state index in [2.05, 4.69) is 15.5 Å². The minimum absolute atomic E-state index is 0.0170. The number of aliphatic hydroxyl groups is 2. The molecule has 1 aliphatic carbocycles. The molecule has 15 atom stereocenters. The lowest BCUT2D eigenvalue weighted by Gasteiger charge is -2.42. The first-order chi connectivity index (χ1) is 34.6. The number of ether oxygens (including phenoxy) is 5. The monoisotopic (exact) mass is 1030 g/mol. The second-order valence-electron chi connectivity index (χ2n) is 20.8. The van der Waals surface area contributed by atoms with Crippen LogP contribution in [0.5, 0.6) is 0 Å². The van der Waals surface area contributed by atoms with Gasteiger partial charge >= 0.3 is 5.97 Å². The van der Waals surface area contributed by atoms with Gasteiger partial charge in [-0.25, -0.2) is 9.48 Å². The molecule has 73 heavy (non-hydrogen) atoms. The first-order valence-electron chi connectivity index (χ1n) is 25.9. The molecule has 20 nitrogen and oxygen atoms in total. The van der Waals surface area contributed by atoms with Crippen molar-refractivity contribution < 1.29 is 62.8 Å². The van der Waals surface area contributed by atoms with Gasteiger partial charge in [0.15, 0.2) is 12.8 Å². The van der Waals surface area contributed by atoms with Gasteiger partial charge in [-0.05, 0) is 117 Å². The summed E-state index contributed by atoms with van der Waals surface area (Å²) < 4.78 is 31.6. The van der Waals surface area contributed by atoms with E-state index in [1.807, 2.05) is 58.1 Å². The summed E-state index contributed by atoms with van der Waals surface area (Å²) in [7, 11) is 5.51.